The minimum Gasteiger partial charge on any atom is -0.379 e. The van der Waals surface area contributed by atoms with Crippen LogP contribution in [0.3, 0.4) is 0 Å². The molecule has 0 bridgehead atoms. The van der Waals surface area contributed by atoms with Gasteiger partial charge in [-0.3, -0.25) is 9.69 Å². The van der Waals surface area contributed by atoms with E-state index in [-0.39, 0.29) is 11.3 Å². The Kier molecular flexibility index (Phi) is 7.00. The van der Waals surface area contributed by atoms with Crippen molar-refractivity contribution in [3.05, 3.63) is 41.6 Å². The van der Waals surface area contributed by atoms with E-state index in [9.17, 15) is 18.0 Å². The van der Waals surface area contributed by atoms with Crippen molar-refractivity contribution in [1.29, 1.82) is 5.26 Å². The second kappa shape index (κ2) is 9.22. The van der Waals surface area contributed by atoms with Crippen LogP contribution in [0.25, 0.3) is 0 Å². The molecular weight excluding hydrogens is 349 g/mol. The third-order valence-electron chi connectivity index (χ3n) is 3.79. The Morgan fingerprint density at radius 3 is 2.65 bits per heavy atom. The zero-order valence-electron chi connectivity index (χ0n) is 14.0. The first-order chi connectivity index (χ1) is 12.4. The topological polar surface area (TPSA) is 77.4 Å². The zero-order valence-corrected chi connectivity index (χ0v) is 14.0. The van der Waals surface area contributed by atoms with E-state index in [0.29, 0.717) is 26.3 Å². The highest BCUT2D eigenvalue weighted by molar-refractivity contribution is 5.97. The van der Waals surface area contributed by atoms with Gasteiger partial charge in [-0.05, 0) is 12.1 Å². The molecule has 140 valence electrons. The normalized spacial score (nSPS) is 16.0. The maximum atomic E-state index is 12.9. The van der Waals surface area contributed by atoms with Crippen LogP contribution in [-0.4, -0.2) is 50.2 Å². The quantitative estimate of drug-likeness (QED) is 0.593. The first kappa shape index (κ1) is 19.8. The van der Waals surface area contributed by atoms with Crippen molar-refractivity contribution >= 4 is 11.6 Å². The van der Waals surface area contributed by atoms with E-state index < -0.39 is 17.6 Å². The van der Waals surface area contributed by atoms with E-state index in [1.165, 1.54) is 18.2 Å². The lowest BCUT2D eigenvalue weighted by Crippen LogP contribution is -2.41. The van der Waals surface area contributed by atoms with Gasteiger partial charge in [-0.1, -0.05) is 12.1 Å². The summed E-state index contributed by atoms with van der Waals surface area (Å²) in [6.07, 6.45) is -3.56. The molecule has 0 unspecified atom stereocenters. The third kappa shape index (κ3) is 5.75. The SMILES string of the molecule is N#C/C(=C/Nc1ccccc1C(F)(F)F)C(=O)NCCN1CCOCC1. The van der Waals surface area contributed by atoms with E-state index in [0.717, 1.165) is 25.4 Å². The molecule has 0 aliphatic carbocycles. The number of para-hydroxylation sites is 1. The standard InChI is InChI=1S/C17H19F3N4O2/c18-17(19,20)14-3-1-2-4-15(14)23-12-13(11-21)16(25)22-5-6-24-7-9-26-10-8-24/h1-4,12,23H,5-10H2,(H,22,25)/b13-12-. The van der Waals surface area contributed by atoms with Crippen molar-refractivity contribution in [3.63, 3.8) is 0 Å². The molecule has 1 heterocycles. The Morgan fingerprint density at radius 2 is 2.00 bits per heavy atom. The highest BCUT2D eigenvalue weighted by Crippen LogP contribution is 2.34. The number of hydrogen-bond acceptors (Lipinski definition) is 5. The van der Waals surface area contributed by atoms with Gasteiger partial charge in [-0.15, -0.1) is 0 Å². The Balaban J connectivity index is 1.93. The molecule has 1 aromatic rings. The van der Waals surface area contributed by atoms with Crippen LogP contribution < -0.4 is 10.6 Å². The first-order valence-electron chi connectivity index (χ1n) is 8.03. The molecule has 0 radical (unpaired) electrons. The summed E-state index contributed by atoms with van der Waals surface area (Å²) >= 11 is 0. The Morgan fingerprint density at radius 1 is 1.31 bits per heavy atom. The molecular formula is C17H19F3N4O2. The van der Waals surface area contributed by atoms with Gasteiger partial charge in [0.05, 0.1) is 24.5 Å². The lowest BCUT2D eigenvalue weighted by Gasteiger charge is -2.26. The molecule has 9 heteroatoms. The predicted molar refractivity (Wildman–Crippen MR) is 89.0 cm³/mol. The summed E-state index contributed by atoms with van der Waals surface area (Å²) in [4.78, 5) is 14.1. The second-order valence-electron chi connectivity index (χ2n) is 5.57. The number of carbonyl (C=O) groups is 1. The van der Waals surface area contributed by atoms with E-state index in [1.54, 1.807) is 6.07 Å². The number of amides is 1. The molecule has 0 saturated carbocycles. The average molecular weight is 368 g/mol. The number of nitrogens with one attached hydrogen (secondary N) is 2. The smallest absolute Gasteiger partial charge is 0.379 e. The van der Waals surface area contributed by atoms with Crippen LogP contribution in [0.2, 0.25) is 0 Å². The largest absolute Gasteiger partial charge is 0.418 e. The van der Waals surface area contributed by atoms with Crippen LogP contribution in [0, 0.1) is 11.3 Å². The fourth-order valence-corrected chi connectivity index (χ4v) is 2.40. The highest BCUT2D eigenvalue weighted by atomic mass is 19.4. The third-order valence-corrected chi connectivity index (χ3v) is 3.79. The lowest BCUT2D eigenvalue weighted by atomic mass is 10.1. The number of ether oxygens (including phenoxy) is 1. The maximum Gasteiger partial charge on any atom is 0.418 e. The molecule has 1 aliphatic heterocycles. The average Bonchev–Trinajstić information content (AvgIpc) is 2.62. The number of anilines is 1. The summed E-state index contributed by atoms with van der Waals surface area (Å²) in [7, 11) is 0. The van der Waals surface area contributed by atoms with Crippen LogP contribution in [0.15, 0.2) is 36.0 Å². The molecule has 1 saturated heterocycles. The summed E-state index contributed by atoms with van der Waals surface area (Å²) in [6.45, 7) is 3.76. The van der Waals surface area contributed by atoms with Gasteiger partial charge in [0, 0.05) is 32.4 Å². The van der Waals surface area contributed by atoms with Gasteiger partial charge in [0.2, 0.25) is 0 Å². The molecule has 1 fully saturated rings. The van der Waals surface area contributed by atoms with E-state index in [2.05, 4.69) is 15.5 Å². The summed E-state index contributed by atoms with van der Waals surface area (Å²) < 4.78 is 44.0. The Bertz CT molecular complexity index is 692. The first-order valence-corrected chi connectivity index (χ1v) is 8.03. The van der Waals surface area contributed by atoms with Crippen molar-refractivity contribution < 1.29 is 22.7 Å². The number of halogens is 3. The van der Waals surface area contributed by atoms with Gasteiger partial charge in [-0.2, -0.15) is 18.4 Å². The summed E-state index contributed by atoms with van der Waals surface area (Å²) in [5.41, 5.74) is -1.40. The Hall–Kier alpha value is -2.57. The van der Waals surface area contributed by atoms with Crippen LogP contribution >= 0.6 is 0 Å². The molecule has 1 aliphatic rings. The number of rotatable bonds is 6. The van der Waals surface area contributed by atoms with Crippen LogP contribution in [0.1, 0.15) is 5.56 Å². The number of carbonyl (C=O) groups excluding carboxylic acids is 1. The van der Waals surface area contributed by atoms with Crippen molar-refractivity contribution in [2.45, 2.75) is 6.18 Å². The van der Waals surface area contributed by atoms with Gasteiger partial charge >= 0.3 is 6.18 Å². The highest BCUT2D eigenvalue weighted by Gasteiger charge is 2.33. The molecule has 1 aromatic carbocycles. The molecule has 6 nitrogen and oxygen atoms in total. The number of benzene rings is 1. The van der Waals surface area contributed by atoms with Crippen molar-refractivity contribution in [2.24, 2.45) is 0 Å². The Labute approximate surface area is 149 Å². The molecule has 0 aromatic heterocycles. The van der Waals surface area contributed by atoms with Gasteiger partial charge in [-0.25, -0.2) is 0 Å². The van der Waals surface area contributed by atoms with E-state index >= 15 is 0 Å². The minimum absolute atomic E-state index is 0.228. The number of alkyl halides is 3. The zero-order chi connectivity index (χ0) is 19.0. The molecule has 0 spiro atoms. The predicted octanol–water partition coefficient (Wildman–Crippen LogP) is 1.97. The van der Waals surface area contributed by atoms with Gasteiger partial charge < -0.3 is 15.4 Å². The fourth-order valence-electron chi connectivity index (χ4n) is 2.40. The van der Waals surface area contributed by atoms with Crippen molar-refractivity contribution in [1.82, 2.24) is 10.2 Å². The summed E-state index contributed by atoms with van der Waals surface area (Å²) in [5, 5.41) is 14.1. The van der Waals surface area contributed by atoms with Crippen LogP contribution in [0.5, 0.6) is 0 Å². The second-order valence-corrected chi connectivity index (χ2v) is 5.57. The van der Waals surface area contributed by atoms with Gasteiger partial charge in [0.15, 0.2) is 0 Å². The number of nitrogens with zero attached hydrogens (tertiary/aromatic N) is 2. The van der Waals surface area contributed by atoms with Crippen LogP contribution in [-0.2, 0) is 15.7 Å². The van der Waals surface area contributed by atoms with Gasteiger partial charge in [0.1, 0.15) is 11.6 Å². The van der Waals surface area contributed by atoms with Crippen molar-refractivity contribution in [3.8, 4) is 6.07 Å². The number of nitriles is 1. The maximum absolute atomic E-state index is 12.9. The van der Waals surface area contributed by atoms with E-state index in [4.69, 9.17) is 10.00 Å². The fraction of sp³-hybridized carbons (Fsp3) is 0.412. The molecule has 0 atom stereocenters. The number of morpholine rings is 1. The molecule has 26 heavy (non-hydrogen) atoms. The van der Waals surface area contributed by atoms with Gasteiger partial charge in [0.25, 0.3) is 5.91 Å². The number of hydrogen-bond donors (Lipinski definition) is 2. The molecule has 2 N–H and O–H groups in total. The summed E-state index contributed by atoms with van der Waals surface area (Å²) in [6, 6.07) is 6.53. The molecule has 1 amide bonds. The minimum atomic E-state index is -4.54. The molecule has 2 rings (SSSR count). The van der Waals surface area contributed by atoms with E-state index in [1.807, 2.05) is 0 Å². The summed E-state index contributed by atoms with van der Waals surface area (Å²) in [5.74, 6) is -0.641. The van der Waals surface area contributed by atoms with Crippen molar-refractivity contribution in [2.75, 3.05) is 44.7 Å². The van der Waals surface area contributed by atoms with Crippen LogP contribution in [0.4, 0.5) is 18.9 Å². The monoisotopic (exact) mass is 368 g/mol. The lowest BCUT2D eigenvalue weighted by molar-refractivity contribution is -0.136.